The molecule has 25 heavy (non-hydrogen) atoms. The summed E-state index contributed by atoms with van der Waals surface area (Å²) in [5, 5.41) is 6.20. The molecule has 0 bridgehead atoms. The Morgan fingerprint density at radius 3 is 2.88 bits per heavy atom. The minimum atomic E-state index is -0.0964. The third-order valence-electron chi connectivity index (χ3n) is 5.65. The fourth-order valence-corrected chi connectivity index (χ4v) is 4.29. The summed E-state index contributed by atoms with van der Waals surface area (Å²) >= 11 is 0. The summed E-state index contributed by atoms with van der Waals surface area (Å²) in [6.07, 6.45) is 4.56. The Bertz CT molecular complexity index is 631. The van der Waals surface area contributed by atoms with E-state index in [-0.39, 0.29) is 30.5 Å². The van der Waals surface area contributed by atoms with Crippen LogP contribution in [0, 0.1) is 18.8 Å². The zero-order valence-electron chi connectivity index (χ0n) is 15.1. The monoisotopic (exact) mass is 344 g/mol. The number of amides is 2. The molecule has 1 heterocycles. The van der Waals surface area contributed by atoms with E-state index in [9.17, 15) is 9.59 Å². The first-order chi connectivity index (χ1) is 12.1. The van der Waals surface area contributed by atoms with Crippen molar-refractivity contribution < 1.29 is 14.3 Å². The highest BCUT2D eigenvalue weighted by Crippen LogP contribution is 2.36. The first kappa shape index (κ1) is 17.8. The summed E-state index contributed by atoms with van der Waals surface area (Å²) < 4.78 is 5.62. The van der Waals surface area contributed by atoms with E-state index in [1.807, 2.05) is 31.2 Å². The molecule has 136 valence electrons. The summed E-state index contributed by atoms with van der Waals surface area (Å²) in [6, 6.07) is 7.99. The number of piperidine rings is 1. The van der Waals surface area contributed by atoms with Gasteiger partial charge in [-0.3, -0.25) is 9.59 Å². The van der Waals surface area contributed by atoms with Crippen molar-refractivity contribution >= 4 is 11.8 Å². The Morgan fingerprint density at radius 1 is 1.32 bits per heavy atom. The second-order valence-corrected chi connectivity index (χ2v) is 7.34. The minimum Gasteiger partial charge on any atom is -0.484 e. The highest BCUT2D eigenvalue weighted by atomic mass is 16.5. The molecule has 4 atom stereocenters. The van der Waals surface area contributed by atoms with Crippen LogP contribution in [0.2, 0.25) is 0 Å². The zero-order chi connectivity index (χ0) is 17.8. The topological polar surface area (TPSA) is 67.4 Å². The van der Waals surface area contributed by atoms with Crippen LogP contribution in [0.3, 0.4) is 0 Å². The lowest BCUT2D eigenvalue weighted by atomic mass is 9.70. The summed E-state index contributed by atoms with van der Waals surface area (Å²) in [4.78, 5) is 24.1. The molecule has 2 N–H and O–H groups in total. The van der Waals surface area contributed by atoms with Gasteiger partial charge in [0.25, 0.3) is 5.91 Å². The average molecular weight is 344 g/mol. The molecular weight excluding hydrogens is 316 g/mol. The first-order valence-corrected chi connectivity index (χ1v) is 9.34. The molecule has 0 spiro atoms. The van der Waals surface area contributed by atoms with Crippen LogP contribution >= 0.6 is 0 Å². The molecule has 1 aromatic rings. The molecule has 1 aromatic carbocycles. The maximum Gasteiger partial charge on any atom is 0.258 e. The van der Waals surface area contributed by atoms with Gasteiger partial charge in [0.2, 0.25) is 5.91 Å². The lowest BCUT2D eigenvalue weighted by Crippen LogP contribution is -2.55. The van der Waals surface area contributed by atoms with Crippen molar-refractivity contribution in [2.45, 2.75) is 58.0 Å². The minimum absolute atomic E-state index is 0.0272. The van der Waals surface area contributed by atoms with Crippen LogP contribution in [0.1, 0.15) is 44.6 Å². The van der Waals surface area contributed by atoms with Gasteiger partial charge in [-0.25, -0.2) is 0 Å². The van der Waals surface area contributed by atoms with Gasteiger partial charge < -0.3 is 15.4 Å². The molecule has 2 fully saturated rings. The number of nitrogens with one attached hydrogen (secondary N) is 2. The number of ether oxygens (including phenoxy) is 1. The quantitative estimate of drug-likeness (QED) is 0.863. The normalized spacial score (nSPS) is 28.6. The predicted octanol–water partition coefficient (Wildman–Crippen LogP) is 2.57. The number of benzene rings is 1. The van der Waals surface area contributed by atoms with Gasteiger partial charge in [0.05, 0.1) is 0 Å². The third-order valence-corrected chi connectivity index (χ3v) is 5.65. The second kappa shape index (κ2) is 7.89. The van der Waals surface area contributed by atoms with E-state index in [2.05, 4.69) is 17.6 Å². The van der Waals surface area contributed by atoms with Gasteiger partial charge in [0.1, 0.15) is 5.75 Å². The van der Waals surface area contributed by atoms with Crippen molar-refractivity contribution in [3.63, 3.8) is 0 Å². The molecule has 1 aliphatic heterocycles. The van der Waals surface area contributed by atoms with Crippen LogP contribution < -0.4 is 15.4 Å². The van der Waals surface area contributed by atoms with Gasteiger partial charge in [-0.1, -0.05) is 31.5 Å². The molecular formula is C20H28N2O3. The van der Waals surface area contributed by atoms with Crippen molar-refractivity contribution in [2.24, 2.45) is 11.8 Å². The van der Waals surface area contributed by atoms with E-state index in [0.717, 1.165) is 37.0 Å². The zero-order valence-corrected chi connectivity index (χ0v) is 15.1. The van der Waals surface area contributed by atoms with Crippen LogP contribution in [-0.4, -0.2) is 30.5 Å². The van der Waals surface area contributed by atoms with Crippen LogP contribution in [0.25, 0.3) is 0 Å². The molecule has 1 aliphatic carbocycles. The number of carbonyl (C=O) groups is 2. The van der Waals surface area contributed by atoms with Crippen molar-refractivity contribution in [2.75, 3.05) is 6.61 Å². The fourth-order valence-electron chi connectivity index (χ4n) is 4.29. The third kappa shape index (κ3) is 4.33. The van der Waals surface area contributed by atoms with Crippen molar-refractivity contribution in [3.05, 3.63) is 29.8 Å². The molecule has 2 aliphatic rings. The van der Waals surface area contributed by atoms with Gasteiger partial charge >= 0.3 is 0 Å². The molecule has 3 rings (SSSR count). The molecule has 0 aromatic heterocycles. The molecule has 5 nitrogen and oxygen atoms in total. The van der Waals surface area contributed by atoms with E-state index in [0.29, 0.717) is 18.3 Å². The Hall–Kier alpha value is -2.04. The number of para-hydroxylation sites is 1. The summed E-state index contributed by atoms with van der Waals surface area (Å²) in [7, 11) is 0. The smallest absolute Gasteiger partial charge is 0.258 e. The van der Waals surface area contributed by atoms with E-state index in [1.165, 1.54) is 0 Å². The van der Waals surface area contributed by atoms with Crippen LogP contribution in [0.5, 0.6) is 5.75 Å². The average Bonchev–Trinajstić information content (AvgIpc) is 2.60. The number of aryl methyl sites for hydroxylation is 1. The number of carbonyl (C=O) groups excluding carboxylic acids is 2. The summed E-state index contributed by atoms with van der Waals surface area (Å²) in [5.74, 6) is 1.84. The first-order valence-electron chi connectivity index (χ1n) is 9.34. The van der Waals surface area contributed by atoms with Gasteiger partial charge in [0, 0.05) is 18.5 Å². The van der Waals surface area contributed by atoms with Crippen LogP contribution in [0.15, 0.2) is 24.3 Å². The van der Waals surface area contributed by atoms with Crippen LogP contribution in [-0.2, 0) is 9.59 Å². The van der Waals surface area contributed by atoms with E-state index >= 15 is 0 Å². The number of hydrogen-bond acceptors (Lipinski definition) is 3. The number of rotatable bonds is 5. The number of hydrogen-bond donors (Lipinski definition) is 2. The summed E-state index contributed by atoms with van der Waals surface area (Å²) in [5.41, 5.74) is 1.02. The second-order valence-electron chi connectivity index (χ2n) is 7.34. The molecule has 0 radical (unpaired) electrons. The van der Waals surface area contributed by atoms with E-state index in [4.69, 9.17) is 4.74 Å². The Balaban J connectivity index is 1.50. The standard InChI is InChI=1S/C20H28N2O3/c1-3-14-10-19(23)22-17-11-15(8-9-16(14)17)21-20(24)12-25-18-7-5-4-6-13(18)2/h4-7,14-17H,3,8-12H2,1-2H3,(H,21,24)(H,22,23). The van der Waals surface area contributed by atoms with Gasteiger partial charge in [-0.15, -0.1) is 0 Å². The predicted molar refractivity (Wildman–Crippen MR) is 96.3 cm³/mol. The molecule has 2 amide bonds. The Morgan fingerprint density at radius 2 is 2.12 bits per heavy atom. The molecule has 1 saturated carbocycles. The SMILES string of the molecule is CCC1CC(=O)NC2CC(NC(=O)COc3ccccc3C)CCC12. The highest BCUT2D eigenvalue weighted by Gasteiger charge is 2.40. The van der Waals surface area contributed by atoms with Gasteiger partial charge in [-0.2, -0.15) is 0 Å². The molecule has 5 heteroatoms. The van der Waals surface area contributed by atoms with Gasteiger partial charge in [0.15, 0.2) is 6.61 Å². The van der Waals surface area contributed by atoms with Crippen molar-refractivity contribution in [3.8, 4) is 5.75 Å². The van der Waals surface area contributed by atoms with Crippen LogP contribution in [0.4, 0.5) is 0 Å². The lowest BCUT2D eigenvalue weighted by Gasteiger charge is -2.44. The maximum atomic E-state index is 12.2. The van der Waals surface area contributed by atoms with Gasteiger partial charge in [-0.05, 0) is 49.7 Å². The fraction of sp³-hybridized carbons (Fsp3) is 0.600. The molecule has 1 saturated heterocycles. The maximum absolute atomic E-state index is 12.2. The number of fused-ring (bicyclic) bond motifs is 1. The molecule has 4 unspecified atom stereocenters. The van der Waals surface area contributed by atoms with E-state index < -0.39 is 0 Å². The highest BCUT2D eigenvalue weighted by molar-refractivity contribution is 5.78. The Kier molecular flexibility index (Phi) is 5.61. The lowest BCUT2D eigenvalue weighted by molar-refractivity contribution is -0.127. The van der Waals surface area contributed by atoms with Crippen molar-refractivity contribution in [1.82, 2.24) is 10.6 Å². The van der Waals surface area contributed by atoms with E-state index in [1.54, 1.807) is 0 Å². The largest absolute Gasteiger partial charge is 0.484 e. The summed E-state index contributed by atoms with van der Waals surface area (Å²) in [6.45, 7) is 4.15. The van der Waals surface area contributed by atoms with Crippen molar-refractivity contribution in [1.29, 1.82) is 0 Å². The Labute approximate surface area is 149 Å².